The summed E-state index contributed by atoms with van der Waals surface area (Å²) in [5, 5.41) is 30.3. The molecule has 11 nitrogen and oxygen atoms in total. The molecule has 1 amide bonds. The van der Waals surface area contributed by atoms with Crippen LogP contribution in [-0.2, 0) is 22.8 Å². The molecule has 44 heavy (non-hydrogen) atoms. The first-order valence-electron chi connectivity index (χ1n) is 15.0. The number of fused-ring (bicyclic) bond motifs is 1. The van der Waals surface area contributed by atoms with Crippen LogP contribution in [0.25, 0.3) is 0 Å². The van der Waals surface area contributed by atoms with E-state index in [1.807, 2.05) is 23.1 Å². The van der Waals surface area contributed by atoms with Crippen LogP contribution in [0.2, 0.25) is 0 Å². The Labute approximate surface area is 256 Å². The third-order valence-electron chi connectivity index (χ3n) is 8.35. The number of amides is 1. The first-order chi connectivity index (χ1) is 21.4. The normalized spacial score (nSPS) is 19.2. The van der Waals surface area contributed by atoms with Crippen LogP contribution >= 0.6 is 0 Å². The average molecular weight is 606 g/mol. The molecule has 3 atom stereocenters. The van der Waals surface area contributed by atoms with Crippen LogP contribution in [0, 0.1) is 5.92 Å². The number of unbranched alkanes of at least 4 members (excludes halogenated alkanes) is 1. The molecule has 3 heterocycles. The van der Waals surface area contributed by atoms with Crippen molar-refractivity contribution >= 4 is 17.6 Å². The number of ether oxygens (including phenoxy) is 3. The Morgan fingerprint density at radius 1 is 1.09 bits per heavy atom. The lowest BCUT2D eigenvalue weighted by atomic mass is 9.83. The van der Waals surface area contributed by atoms with Crippen molar-refractivity contribution in [1.82, 2.24) is 9.88 Å². The minimum atomic E-state index is -0.982. The van der Waals surface area contributed by atoms with Gasteiger partial charge >= 0.3 is 5.97 Å². The van der Waals surface area contributed by atoms with Crippen LogP contribution in [-0.4, -0.2) is 76.2 Å². The first-order valence-corrected chi connectivity index (χ1v) is 15.0. The molecule has 2 aromatic carbocycles. The summed E-state index contributed by atoms with van der Waals surface area (Å²) in [6.45, 7) is 2.64. The maximum atomic E-state index is 13.9. The van der Waals surface area contributed by atoms with E-state index in [1.54, 1.807) is 47.6 Å². The number of aromatic nitrogens is 1. The van der Waals surface area contributed by atoms with Crippen LogP contribution in [0.5, 0.6) is 17.2 Å². The summed E-state index contributed by atoms with van der Waals surface area (Å²) in [6, 6.07) is 13.8. The van der Waals surface area contributed by atoms with Crippen LogP contribution < -0.4 is 19.1 Å². The molecule has 0 aliphatic carbocycles. The number of rotatable bonds is 14. The molecule has 2 aliphatic heterocycles. The number of aliphatic hydroxyl groups is 2. The Balaban J connectivity index is 1.45. The van der Waals surface area contributed by atoms with Gasteiger partial charge in [-0.2, -0.15) is 0 Å². The number of aliphatic carboxylic acids is 1. The van der Waals surface area contributed by atoms with Crippen molar-refractivity contribution in [2.75, 3.05) is 37.9 Å². The van der Waals surface area contributed by atoms with Crippen LogP contribution in [0.1, 0.15) is 48.8 Å². The van der Waals surface area contributed by atoms with Crippen molar-refractivity contribution < 1.29 is 39.1 Å². The van der Waals surface area contributed by atoms with Gasteiger partial charge < -0.3 is 34.4 Å². The second kappa shape index (κ2) is 14.5. The van der Waals surface area contributed by atoms with Gasteiger partial charge in [0, 0.05) is 42.4 Å². The number of carbonyl (C=O) groups excluding carboxylic acids is 1. The van der Waals surface area contributed by atoms with E-state index in [2.05, 4.69) is 11.9 Å². The molecule has 234 valence electrons. The number of aliphatic hydroxyl groups excluding tert-OH is 2. The number of likely N-dealkylation sites (tertiary alicyclic amines) is 1. The van der Waals surface area contributed by atoms with Crippen molar-refractivity contribution in [1.29, 1.82) is 0 Å². The van der Waals surface area contributed by atoms with E-state index in [1.165, 1.54) is 0 Å². The molecule has 0 radical (unpaired) electrons. The molecular formula is C33H39N3O8. The predicted molar refractivity (Wildman–Crippen MR) is 162 cm³/mol. The van der Waals surface area contributed by atoms with Crippen molar-refractivity contribution in [3.63, 3.8) is 0 Å². The topological polar surface area (TPSA) is 142 Å². The van der Waals surface area contributed by atoms with Gasteiger partial charge in [0.2, 0.25) is 12.7 Å². The highest BCUT2D eigenvalue weighted by Crippen LogP contribution is 2.44. The molecule has 5 rings (SSSR count). The smallest absolute Gasteiger partial charge is 0.308 e. The van der Waals surface area contributed by atoms with Gasteiger partial charge in [0.25, 0.3) is 0 Å². The van der Waals surface area contributed by atoms with Crippen LogP contribution in [0.4, 0.5) is 5.69 Å². The van der Waals surface area contributed by atoms with Gasteiger partial charge in [-0.05, 0) is 48.7 Å². The standard InChI is InChI=1S/C33H39N3O8/c1-2-3-12-36(25-8-6-11-34-16-25)30(39)18-35-17-26(23-14-24(20-38)32-29(15-23)43-21-44-32)31(33(40)41)27(35)10-13-42-28-9-5-4-7-22(28)19-37/h4-9,11,14-16,26-27,31,37-38H,2-3,10,12-13,17-21H2,1H3,(H,40,41)/t26-,27+,31-/m1/s1. The number of para-hydroxylation sites is 1. The van der Waals surface area contributed by atoms with Gasteiger partial charge in [0.05, 0.1) is 44.2 Å². The molecule has 0 bridgehead atoms. The summed E-state index contributed by atoms with van der Waals surface area (Å²) in [6.07, 6.45) is 5.37. The number of hydrogen-bond acceptors (Lipinski definition) is 9. The molecule has 1 saturated heterocycles. The Bertz CT molecular complexity index is 1440. The summed E-state index contributed by atoms with van der Waals surface area (Å²) in [5.74, 6) is -1.02. The Morgan fingerprint density at radius 2 is 1.91 bits per heavy atom. The number of hydrogen-bond donors (Lipinski definition) is 3. The Morgan fingerprint density at radius 3 is 2.64 bits per heavy atom. The molecule has 3 N–H and O–H groups in total. The number of nitrogens with zero attached hydrogens (tertiary/aromatic N) is 3. The van der Waals surface area contributed by atoms with Gasteiger partial charge in [-0.25, -0.2) is 0 Å². The average Bonchev–Trinajstić information content (AvgIpc) is 3.66. The largest absolute Gasteiger partial charge is 0.493 e. The summed E-state index contributed by atoms with van der Waals surface area (Å²) >= 11 is 0. The highest BCUT2D eigenvalue weighted by molar-refractivity contribution is 5.94. The zero-order valence-corrected chi connectivity index (χ0v) is 24.8. The van der Waals surface area contributed by atoms with Gasteiger partial charge in [0.15, 0.2) is 11.5 Å². The minimum absolute atomic E-state index is 0.00813. The molecule has 2 aliphatic rings. The van der Waals surface area contributed by atoms with Gasteiger partial charge in [0.1, 0.15) is 5.75 Å². The van der Waals surface area contributed by atoms with Crippen molar-refractivity contribution in [3.05, 3.63) is 77.6 Å². The van der Waals surface area contributed by atoms with Crippen molar-refractivity contribution in [2.24, 2.45) is 5.92 Å². The summed E-state index contributed by atoms with van der Waals surface area (Å²) in [7, 11) is 0. The molecule has 0 saturated carbocycles. The van der Waals surface area contributed by atoms with E-state index in [4.69, 9.17) is 14.2 Å². The van der Waals surface area contributed by atoms with E-state index in [-0.39, 0.29) is 39.1 Å². The second-order valence-corrected chi connectivity index (χ2v) is 11.1. The van der Waals surface area contributed by atoms with Gasteiger partial charge in [-0.1, -0.05) is 31.5 Å². The number of anilines is 1. The van der Waals surface area contributed by atoms with Crippen LogP contribution in [0.3, 0.4) is 0 Å². The SMILES string of the molecule is CCCCN(C(=O)CN1C[C@H](c2cc(CO)c3c(c2)OCO3)[C@@H](C(=O)O)[C@@H]1CCOc1ccccc1CO)c1cccnc1. The quantitative estimate of drug-likeness (QED) is 0.250. The number of carbonyl (C=O) groups is 2. The van der Waals surface area contributed by atoms with E-state index >= 15 is 0 Å². The first kappa shape index (κ1) is 31.2. The monoisotopic (exact) mass is 605 g/mol. The van der Waals surface area contributed by atoms with Crippen molar-refractivity contribution in [2.45, 2.75) is 51.4 Å². The van der Waals surface area contributed by atoms with E-state index in [0.717, 1.165) is 12.8 Å². The molecule has 11 heteroatoms. The van der Waals surface area contributed by atoms with E-state index in [0.29, 0.717) is 59.1 Å². The summed E-state index contributed by atoms with van der Waals surface area (Å²) in [5.41, 5.74) is 2.56. The molecule has 0 spiro atoms. The fourth-order valence-electron chi connectivity index (χ4n) is 6.18. The predicted octanol–water partition coefficient (Wildman–Crippen LogP) is 3.57. The highest BCUT2D eigenvalue weighted by atomic mass is 16.7. The fourth-order valence-corrected chi connectivity index (χ4v) is 6.18. The molecule has 0 unspecified atom stereocenters. The van der Waals surface area contributed by atoms with Crippen molar-refractivity contribution in [3.8, 4) is 17.2 Å². The number of carboxylic acids is 1. The zero-order chi connectivity index (χ0) is 31.1. The Kier molecular flexibility index (Phi) is 10.3. The fraction of sp³-hybridized carbons (Fsp3) is 0.424. The van der Waals surface area contributed by atoms with Gasteiger partial charge in [-0.15, -0.1) is 0 Å². The third-order valence-corrected chi connectivity index (χ3v) is 8.35. The maximum absolute atomic E-state index is 13.9. The Hall–Kier alpha value is -4.19. The lowest BCUT2D eigenvalue weighted by Crippen LogP contribution is -2.45. The lowest BCUT2D eigenvalue weighted by molar-refractivity contribution is -0.143. The molecule has 3 aromatic rings. The zero-order valence-electron chi connectivity index (χ0n) is 24.8. The summed E-state index contributed by atoms with van der Waals surface area (Å²) in [4.78, 5) is 34.7. The lowest BCUT2D eigenvalue weighted by Gasteiger charge is -2.29. The second-order valence-electron chi connectivity index (χ2n) is 11.1. The van der Waals surface area contributed by atoms with Gasteiger partial charge in [-0.3, -0.25) is 19.5 Å². The maximum Gasteiger partial charge on any atom is 0.308 e. The molecule has 1 aromatic heterocycles. The van der Waals surface area contributed by atoms with E-state index in [9.17, 15) is 24.9 Å². The van der Waals surface area contributed by atoms with Crippen LogP contribution in [0.15, 0.2) is 60.9 Å². The molecular weight excluding hydrogens is 566 g/mol. The summed E-state index contributed by atoms with van der Waals surface area (Å²) < 4.78 is 17.2. The minimum Gasteiger partial charge on any atom is -0.493 e. The molecule has 1 fully saturated rings. The number of carboxylic acid groups (broad SMARTS) is 1. The highest BCUT2D eigenvalue weighted by Gasteiger charge is 2.47. The number of benzene rings is 2. The third kappa shape index (κ3) is 6.80. The number of pyridine rings is 1. The van der Waals surface area contributed by atoms with E-state index < -0.39 is 23.8 Å².